The molecule has 0 spiro atoms. The molecule has 1 fully saturated rings. The maximum absolute atomic E-state index is 12.0. The van der Waals surface area contributed by atoms with E-state index in [-0.39, 0.29) is 5.25 Å². The van der Waals surface area contributed by atoms with E-state index in [2.05, 4.69) is 4.72 Å². The molecular weight excluding hydrogens is 248 g/mol. The van der Waals surface area contributed by atoms with Crippen molar-refractivity contribution in [2.24, 2.45) is 5.73 Å². The molecule has 0 atom stereocenters. The Bertz CT molecular complexity index is 493. The fourth-order valence-corrected chi connectivity index (χ4v) is 3.92. The summed E-state index contributed by atoms with van der Waals surface area (Å²) in [5.41, 5.74) is 7.54. The normalized spacial score (nSPS) is 17.2. The zero-order valence-electron chi connectivity index (χ0n) is 10.4. The zero-order chi connectivity index (χ0) is 13.0. The van der Waals surface area contributed by atoms with Crippen LogP contribution in [0.1, 0.15) is 36.8 Å². The number of hydrogen-bond donors (Lipinski definition) is 2. The summed E-state index contributed by atoms with van der Waals surface area (Å²) in [7, 11) is -3.16. The summed E-state index contributed by atoms with van der Waals surface area (Å²) in [6.07, 6.45) is 3.62. The van der Waals surface area contributed by atoms with E-state index >= 15 is 0 Å². The number of sulfonamides is 1. The van der Waals surface area contributed by atoms with Crippen molar-refractivity contribution in [1.82, 2.24) is 4.72 Å². The second-order valence-electron chi connectivity index (χ2n) is 4.80. The second kappa shape index (κ2) is 5.82. The van der Waals surface area contributed by atoms with Gasteiger partial charge >= 0.3 is 0 Å². The highest BCUT2D eigenvalue weighted by molar-refractivity contribution is 7.90. The van der Waals surface area contributed by atoms with Crippen LogP contribution in [0.25, 0.3) is 0 Å². The molecule has 0 aromatic heterocycles. The van der Waals surface area contributed by atoms with E-state index in [0.29, 0.717) is 13.1 Å². The lowest BCUT2D eigenvalue weighted by atomic mass is 10.1. The van der Waals surface area contributed by atoms with Crippen LogP contribution in [0.3, 0.4) is 0 Å². The van der Waals surface area contributed by atoms with Crippen LogP contribution < -0.4 is 10.5 Å². The first-order valence-electron chi connectivity index (χ1n) is 6.38. The molecule has 5 heteroatoms. The average Bonchev–Trinajstić information content (AvgIpc) is 2.91. The average molecular weight is 268 g/mol. The summed E-state index contributed by atoms with van der Waals surface area (Å²) in [6.45, 7) is 0.829. The van der Waals surface area contributed by atoms with E-state index < -0.39 is 10.0 Å². The molecule has 0 bridgehead atoms. The molecule has 4 nitrogen and oxygen atoms in total. The molecular formula is C13H20N2O2S. The molecule has 1 aliphatic rings. The maximum Gasteiger partial charge on any atom is 0.214 e. The van der Waals surface area contributed by atoms with Crippen molar-refractivity contribution in [3.05, 3.63) is 35.4 Å². The van der Waals surface area contributed by atoms with Gasteiger partial charge in [-0.2, -0.15) is 0 Å². The van der Waals surface area contributed by atoms with Crippen molar-refractivity contribution in [3.63, 3.8) is 0 Å². The Balaban J connectivity index is 1.97. The predicted octanol–water partition coefficient (Wildman–Crippen LogP) is 1.51. The third-order valence-corrected chi connectivity index (χ3v) is 5.34. The van der Waals surface area contributed by atoms with Crippen molar-refractivity contribution in [1.29, 1.82) is 0 Å². The Morgan fingerprint density at radius 1 is 1.22 bits per heavy atom. The lowest BCUT2D eigenvalue weighted by Crippen LogP contribution is -2.32. The van der Waals surface area contributed by atoms with Crippen LogP contribution in [-0.2, 0) is 23.1 Å². The molecule has 0 saturated heterocycles. The third kappa shape index (κ3) is 3.31. The first kappa shape index (κ1) is 13.5. The number of nitrogens with two attached hydrogens (primary N) is 1. The summed E-state index contributed by atoms with van der Waals surface area (Å²) >= 11 is 0. The molecule has 0 heterocycles. The highest BCUT2D eigenvalue weighted by Crippen LogP contribution is 2.24. The highest BCUT2D eigenvalue weighted by atomic mass is 32.2. The van der Waals surface area contributed by atoms with Gasteiger partial charge in [-0.25, -0.2) is 13.1 Å². The van der Waals surface area contributed by atoms with Gasteiger partial charge in [0.25, 0.3) is 0 Å². The minimum Gasteiger partial charge on any atom is -0.326 e. The van der Waals surface area contributed by atoms with E-state index in [9.17, 15) is 8.42 Å². The van der Waals surface area contributed by atoms with Crippen molar-refractivity contribution in [2.45, 2.75) is 44.0 Å². The Labute approximate surface area is 109 Å². The summed E-state index contributed by atoms with van der Waals surface area (Å²) in [5.74, 6) is 0. The number of benzene rings is 1. The smallest absolute Gasteiger partial charge is 0.214 e. The van der Waals surface area contributed by atoms with Gasteiger partial charge in [-0.3, -0.25) is 0 Å². The van der Waals surface area contributed by atoms with Gasteiger partial charge in [-0.1, -0.05) is 37.1 Å². The van der Waals surface area contributed by atoms with Crippen LogP contribution in [0.5, 0.6) is 0 Å². The molecule has 0 amide bonds. The topological polar surface area (TPSA) is 72.2 Å². The van der Waals surface area contributed by atoms with Gasteiger partial charge in [0, 0.05) is 13.1 Å². The molecule has 1 aromatic rings. The minimum absolute atomic E-state index is 0.199. The Hall–Kier alpha value is -0.910. The zero-order valence-corrected chi connectivity index (χ0v) is 11.2. The lowest BCUT2D eigenvalue weighted by Gasteiger charge is -2.12. The van der Waals surface area contributed by atoms with Crippen LogP contribution >= 0.6 is 0 Å². The van der Waals surface area contributed by atoms with E-state index in [0.717, 1.165) is 36.8 Å². The maximum atomic E-state index is 12.0. The molecule has 18 heavy (non-hydrogen) atoms. The minimum atomic E-state index is -3.16. The molecule has 2 rings (SSSR count). The molecule has 1 aromatic carbocycles. The van der Waals surface area contributed by atoms with Crippen LogP contribution in [0.15, 0.2) is 24.3 Å². The van der Waals surface area contributed by atoms with Crippen molar-refractivity contribution < 1.29 is 8.42 Å². The van der Waals surface area contributed by atoms with Crippen molar-refractivity contribution in [2.75, 3.05) is 0 Å². The van der Waals surface area contributed by atoms with Crippen molar-refractivity contribution >= 4 is 10.0 Å². The Morgan fingerprint density at radius 3 is 2.56 bits per heavy atom. The molecule has 0 unspecified atom stereocenters. The van der Waals surface area contributed by atoms with Gasteiger partial charge in [0.1, 0.15) is 0 Å². The van der Waals surface area contributed by atoms with Crippen LogP contribution in [0.4, 0.5) is 0 Å². The van der Waals surface area contributed by atoms with Gasteiger partial charge in [0.15, 0.2) is 0 Å². The first-order valence-corrected chi connectivity index (χ1v) is 7.93. The molecule has 0 radical (unpaired) electrons. The molecule has 1 aliphatic carbocycles. The van der Waals surface area contributed by atoms with E-state index in [1.807, 2.05) is 24.3 Å². The van der Waals surface area contributed by atoms with Crippen molar-refractivity contribution in [3.8, 4) is 0 Å². The monoisotopic (exact) mass is 268 g/mol. The first-order chi connectivity index (χ1) is 8.62. The molecule has 100 valence electrons. The number of nitrogens with one attached hydrogen (secondary N) is 1. The predicted molar refractivity (Wildman–Crippen MR) is 72.3 cm³/mol. The van der Waals surface area contributed by atoms with Gasteiger partial charge < -0.3 is 5.73 Å². The van der Waals surface area contributed by atoms with E-state index in [4.69, 9.17) is 5.73 Å². The standard InChI is InChI=1S/C13H20N2O2S/c14-9-11-4-3-5-12(8-11)10-15-18(16,17)13-6-1-2-7-13/h3-5,8,13,15H,1-2,6-7,9-10,14H2. The number of hydrogen-bond acceptors (Lipinski definition) is 3. The van der Waals surface area contributed by atoms with Crippen LogP contribution in [-0.4, -0.2) is 13.7 Å². The quantitative estimate of drug-likeness (QED) is 0.850. The summed E-state index contributed by atoms with van der Waals surface area (Å²) in [5, 5.41) is -0.199. The fourth-order valence-electron chi connectivity index (χ4n) is 2.37. The van der Waals surface area contributed by atoms with E-state index in [1.54, 1.807) is 0 Å². The van der Waals surface area contributed by atoms with Crippen LogP contribution in [0, 0.1) is 0 Å². The van der Waals surface area contributed by atoms with Crippen LogP contribution in [0.2, 0.25) is 0 Å². The summed E-state index contributed by atoms with van der Waals surface area (Å²) in [6, 6.07) is 7.70. The van der Waals surface area contributed by atoms with Gasteiger partial charge in [-0.05, 0) is 24.0 Å². The summed E-state index contributed by atoms with van der Waals surface area (Å²) in [4.78, 5) is 0. The Morgan fingerprint density at radius 2 is 1.89 bits per heavy atom. The van der Waals surface area contributed by atoms with Gasteiger partial charge in [0.2, 0.25) is 10.0 Å². The lowest BCUT2D eigenvalue weighted by molar-refractivity contribution is 0.564. The Kier molecular flexibility index (Phi) is 4.37. The highest BCUT2D eigenvalue weighted by Gasteiger charge is 2.28. The molecule has 0 aliphatic heterocycles. The van der Waals surface area contributed by atoms with Gasteiger partial charge in [0.05, 0.1) is 5.25 Å². The largest absolute Gasteiger partial charge is 0.326 e. The second-order valence-corrected chi connectivity index (χ2v) is 6.84. The molecule has 3 N–H and O–H groups in total. The third-order valence-electron chi connectivity index (χ3n) is 3.45. The summed E-state index contributed by atoms with van der Waals surface area (Å²) < 4.78 is 26.7. The van der Waals surface area contributed by atoms with E-state index in [1.165, 1.54) is 0 Å². The van der Waals surface area contributed by atoms with Gasteiger partial charge in [-0.15, -0.1) is 0 Å². The molecule has 1 saturated carbocycles. The number of rotatable bonds is 5. The SMILES string of the molecule is NCc1cccc(CNS(=O)(=O)C2CCCC2)c1. The fraction of sp³-hybridized carbons (Fsp3) is 0.538.